The topological polar surface area (TPSA) is 106 Å². The van der Waals surface area contributed by atoms with Crippen molar-refractivity contribution in [3.05, 3.63) is 30.0 Å². The maximum absolute atomic E-state index is 11.9. The van der Waals surface area contributed by atoms with E-state index < -0.39 is 5.91 Å². The number of rotatable bonds is 1. The molecule has 2 aromatic rings. The van der Waals surface area contributed by atoms with Gasteiger partial charge in [-0.05, 0) is 12.1 Å². The van der Waals surface area contributed by atoms with Gasteiger partial charge in [-0.2, -0.15) is 0 Å². The summed E-state index contributed by atoms with van der Waals surface area (Å²) in [5, 5.41) is 17.5. The van der Waals surface area contributed by atoms with Crippen LogP contribution in [-0.2, 0) is 0 Å². The molecule has 0 bridgehead atoms. The Balaban J connectivity index is 0.00000162. The molecule has 0 spiro atoms. The molecule has 0 unspecified atom stereocenters. The summed E-state index contributed by atoms with van der Waals surface area (Å²) in [5.41, 5.74) is 5.99. The molecule has 18 heavy (non-hydrogen) atoms. The van der Waals surface area contributed by atoms with Crippen LogP contribution < -0.4 is 5.73 Å². The number of fused-ring (bicyclic) bond motifs is 1. The molecule has 2 rings (SSSR count). The molecule has 1 aromatic heterocycles. The van der Waals surface area contributed by atoms with E-state index in [1.54, 1.807) is 18.2 Å². The van der Waals surface area contributed by atoms with Gasteiger partial charge in [-0.15, -0.1) is 12.4 Å². The van der Waals surface area contributed by atoms with E-state index >= 15 is 0 Å². The van der Waals surface area contributed by atoms with Crippen LogP contribution in [0, 0.1) is 5.41 Å². The van der Waals surface area contributed by atoms with Crippen LogP contribution >= 0.6 is 12.4 Å². The molecule has 0 aliphatic carbocycles. The average Bonchev–Trinajstić information content (AvgIpc) is 2.72. The Kier molecular flexibility index (Phi) is 3.82. The average molecular weight is 269 g/mol. The summed E-state index contributed by atoms with van der Waals surface area (Å²) >= 11 is 0. The Morgan fingerprint density at radius 2 is 2.17 bits per heavy atom. The molecule has 0 atom stereocenters. The molecular formula is C11H13ClN4O2. The van der Waals surface area contributed by atoms with Gasteiger partial charge in [0.15, 0.2) is 5.96 Å². The maximum Gasteiger partial charge on any atom is 0.276 e. The first-order valence-corrected chi connectivity index (χ1v) is 4.93. The van der Waals surface area contributed by atoms with Crippen LogP contribution in [0.25, 0.3) is 10.9 Å². The summed E-state index contributed by atoms with van der Waals surface area (Å²) in [6, 6.07) is 6.60. The van der Waals surface area contributed by atoms with Crippen molar-refractivity contribution in [1.29, 1.82) is 5.41 Å². The fourth-order valence-electron chi connectivity index (χ4n) is 1.55. The second kappa shape index (κ2) is 4.97. The molecule has 0 aliphatic heterocycles. The summed E-state index contributed by atoms with van der Waals surface area (Å²) in [4.78, 5) is 15.7. The second-order valence-corrected chi connectivity index (χ2v) is 3.67. The first kappa shape index (κ1) is 13.9. The molecule has 1 amide bonds. The van der Waals surface area contributed by atoms with Gasteiger partial charge in [0, 0.05) is 12.4 Å². The third-order valence-corrected chi connectivity index (χ3v) is 2.53. The van der Waals surface area contributed by atoms with E-state index in [1.165, 1.54) is 13.1 Å². The lowest BCUT2D eigenvalue weighted by atomic mass is 10.2. The van der Waals surface area contributed by atoms with Crippen molar-refractivity contribution in [2.75, 3.05) is 7.05 Å². The van der Waals surface area contributed by atoms with Gasteiger partial charge in [0.1, 0.15) is 11.4 Å². The van der Waals surface area contributed by atoms with Crippen molar-refractivity contribution < 1.29 is 9.90 Å². The number of amides is 1. The molecule has 1 aromatic carbocycles. The van der Waals surface area contributed by atoms with E-state index in [9.17, 15) is 9.90 Å². The van der Waals surface area contributed by atoms with Gasteiger partial charge in [-0.3, -0.25) is 15.1 Å². The Morgan fingerprint density at radius 1 is 1.50 bits per heavy atom. The zero-order chi connectivity index (χ0) is 12.6. The number of nitrogens with zero attached hydrogens (tertiary/aromatic N) is 1. The van der Waals surface area contributed by atoms with E-state index in [4.69, 9.17) is 11.1 Å². The monoisotopic (exact) mass is 268 g/mol. The van der Waals surface area contributed by atoms with Crippen LogP contribution in [0.3, 0.4) is 0 Å². The highest BCUT2D eigenvalue weighted by atomic mass is 35.5. The molecule has 0 fully saturated rings. The first-order valence-electron chi connectivity index (χ1n) is 4.93. The minimum absolute atomic E-state index is 0. The van der Waals surface area contributed by atoms with Crippen LogP contribution in [0.4, 0.5) is 0 Å². The fraction of sp³-hybridized carbons (Fsp3) is 0.0909. The molecule has 0 saturated heterocycles. The number of aromatic hydroxyl groups is 1. The molecule has 1 heterocycles. The van der Waals surface area contributed by atoms with Crippen molar-refractivity contribution >= 4 is 35.2 Å². The number of phenolic OH excluding ortho intramolecular Hbond substituents is 1. The van der Waals surface area contributed by atoms with Crippen molar-refractivity contribution in [3.63, 3.8) is 0 Å². The van der Waals surface area contributed by atoms with Crippen LogP contribution in [0.2, 0.25) is 0 Å². The number of para-hydroxylation sites is 1. The maximum atomic E-state index is 11.9. The largest absolute Gasteiger partial charge is 0.506 e. The Morgan fingerprint density at radius 3 is 2.72 bits per heavy atom. The quantitative estimate of drug-likeness (QED) is 0.462. The number of guanidine groups is 1. The predicted octanol–water partition coefficient (Wildman–Crippen LogP) is 1.26. The molecule has 96 valence electrons. The third kappa shape index (κ3) is 2.23. The van der Waals surface area contributed by atoms with Gasteiger partial charge in [0.2, 0.25) is 0 Å². The second-order valence-electron chi connectivity index (χ2n) is 3.67. The highest BCUT2D eigenvalue weighted by Gasteiger charge is 2.16. The van der Waals surface area contributed by atoms with Gasteiger partial charge in [-0.25, -0.2) is 0 Å². The van der Waals surface area contributed by atoms with E-state index in [0.717, 1.165) is 10.3 Å². The van der Waals surface area contributed by atoms with Crippen molar-refractivity contribution in [2.45, 2.75) is 0 Å². The summed E-state index contributed by atoms with van der Waals surface area (Å²) in [5.74, 6) is -0.682. The number of carbonyl (C=O) groups is 1. The molecule has 5 N–H and O–H groups in total. The van der Waals surface area contributed by atoms with Crippen LogP contribution in [0.1, 0.15) is 10.5 Å². The SMILES string of the molecule is CN(C(=N)N)C(=O)c1cc2cccc(O)c2[nH]1.Cl. The van der Waals surface area contributed by atoms with Crippen molar-refractivity contribution in [2.24, 2.45) is 5.73 Å². The Bertz CT molecular complexity index is 608. The Labute approximate surface area is 109 Å². The summed E-state index contributed by atoms with van der Waals surface area (Å²) < 4.78 is 0. The predicted molar refractivity (Wildman–Crippen MR) is 71.2 cm³/mol. The fourth-order valence-corrected chi connectivity index (χ4v) is 1.55. The zero-order valence-electron chi connectivity index (χ0n) is 9.60. The van der Waals surface area contributed by atoms with Crippen molar-refractivity contribution in [3.8, 4) is 5.75 Å². The van der Waals surface area contributed by atoms with Gasteiger partial charge in [-0.1, -0.05) is 12.1 Å². The van der Waals surface area contributed by atoms with Gasteiger partial charge in [0.05, 0.1) is 5.52 Å². The third-order valence-electron chi connectivity index (χ3n) is 2.53. The number of halogens is 1. The van der Waals surface area contributed by atoms with Crippen LogP contribution in [0.15, 0.2) is 24.3 Å². The number of H-pyrrole nitrogens is 1. The van der Waals surface area contributed by atoms with Crippen LogP contribution in [0.5, 0.6) is 5.75 Å². The highest BCUT2D eigenvalue weighted by Crippen LogP contribution is 2.24. The van der Waals surface area contributed by atoms with E-state index in [-0.39, 0.29) is 29.8 Å². The van der Waals surface area contributed by atoms with Gasteiger partial charge in [0.25, 0.3) is 5.91 Å². The van der Waals surface area contributed by atoms with Gasteiger partial charge >= 0.3 is 0 Å². The molecule has 7 heteroatoms. The number of nitrogens with one attached hydrogen (secondary N) is 2. The highest BCUT2D eigenvalue weighted by molar-refractivity contribution is 6.06. The number of aromatic nitrogens is 1. The van der Waals surface area contributed by atoms with E-state index in [2.05, 4.69) is 4.98 Å². The number of aromatic amines is 1. The lowest BCUT2D eigenvalue weighted by Crippen LogP contribution is -2.38. The minimum Gasteiger partial charge on any atom is -0.506 e. The molecular weight excluding hydrogens is 256 g/mol. The number of hydrogen-bond donors (Lipinski definition) is 4. The number of hydrogen-bond acceptors (Lipinski definition) is 3. The number of benzene rings is 1. The van der Waals surface area contributed by atoms with Gasteiger partial charge < -0.3 is 15.8 Å². The van der Waals surface area contributed by atoms with Crippen molar-refractivity contribution in [1.82, 2.24) is 9.88 Å². The van der Waals surface area contributed by atoms with Crippen LogP contribution in [-0.4, -0.2) is 33.9 Å². The number of phenols is 1. The Hall–Kier alpha value is -2.21. The standard InChI is InChI=1S/C11H12N4O2.ClH/c1-15(11(12)13)10(17)7-5-6-3-2-4-8(16)9(6)14-7;/h2-5,14,16H,1H3,(H3,12,13);1H. The molecule has 0 aliphatic rings. The lowest BCUT2D eigenvalue weighted by molar-refractivity contribution is 0.0864. The number of nitrogens with two attached hydrogens (primary N) is 1. The summed E-state index contributed by atoms with van der Waals surface area (Å²) in [6.07, 6.45) is 0. The van der Waals surface area contributed by atoms with E-state index in [1.807, 2.05) is 0 Å². The zero-order valence-corrected chi connectivity index (χ0v) is 10.4. The summed E-state index contributed by atoms with van der Waals surface area (Å²) in [7, 11) is 1.41. The molecule has 0 radical (unpaired) electrons. The smallest absolute Gasteiger partial charge is 0.276 e. The lowest BCUT2D eigenvalue weighted by Gasteiger charge is -2.12. The molecule has 6 nitrogen and oxygen atoms in total. The first-order chi connectivity index (χ1) is 8.00. The molecule has 0 saturated carbocycles. The number of carbonyl (C=O) groups excluding carboxylic acids is 1. The normalized spacial score (nSPS) is 9.83. The minimum atomic E-state index is -0.423. The summed E-state index contributed by atoms with van der Waals surface area (Å²) in [6.45, 7) is 0. The van der Waals surface area contributed by atoms with E-state index in [0.29, 0.717) is 5.52 Å².